The molecule has 2 unspecified atom stereocenters. The summed E-state index contributed by atoms with van der Waals surface area (Å²) in [5, 5.41) is 13.4. The SMILES string of the molecule is CCCCCCCCCCCCCCCCCCCCCCCC(O)C(CS(=O)(=O)O)NC(=O)CCCCCCCCCCCCCCCCCC. The van der Waals surface area contributed by atoms with Gasteiger partial charge in [0.1, 0.15) is 0 Å². The van der Waals surface area contributed by atoms with E-state index in [1.807, 2.05) is 0 Å². The minimum absolute atomic E-state index is 0.239. The van der Waals surface area contributed by atoms with Crippen molar-refractivity contribution in [2.45, 2.75) is 276 Å². The molecule has 0 fully saturated rings. The summed E-state index contributed by atoms with van der Waals surface area (Å²) in [7, 11) is -4.31. The van der Waals surface area contributed by atoms with Gasteiger partial charge in [-0.25, -0.2) is 0 Å². The molecule has 0 aromatic rings. The third kappa shape index (κ3) is 40.5. The number of rotatable bonds is 43. The largest absolute Gasteiger partial charge is 0.391 e. The van der Waals surface area contributed by atoms with Gasteiger partial charge in [-0.1, -0.05) is 245 Å². The van der Waals surface area contributed by atoms with Crippen molar-refractivity contribution in [3.8, 4) is 0 Å². The second kappa shape index (κ2) is 40.0. The van der Waals surface area contributed by atoms with E-state index in [0.717, 1.165) is 38.5 Å². The molecule has 0 bridgehead atoms. The van der Waals surface area contributed by atoms with Gasteiger partial charge in [-0.3, -0.25) is 9.35 Å². The van der Waals surface area contributed by atoms with Gasteiger partial charge in [-0.2, -0.15) is 8.42 Å². The van der Waals surface area contributed by atoms with Crippen LogP contribution in [0.15, 0.2) is 0 Å². The van der Waals surface area contributed by atoms with Crippen molar-refractivity contribution in [2.24, 2.45) is 0 Å². The van der Waals surface area contributed by atoms with Gasteiger partial charge in [0.15, 0.2) is 0 Å². The predicted molar refractivity (Wildman–Crippen MR) is 226 cm³/mol. The van der Waals surface area contributed by atoms with Crippen molar-refractivity contribution in [1.82, 2.24) is 5.32 Å². The molecule has 0 saturated heterocycles. The summed E-state index contributed by atoms with van der Waals surface area (Å²) in [5.74, 6) is -0.880. The van der Waals surface area contributed by atoms with Crippen LogP contribution in [-0.4, -0.2) is 41.9 Å². The van der Waals surface area contributed by atoms with Crippen molar-refractivity contribution < 1.29 is 22.9 Å². The van der Waals surface area contributed by atoms with Crippen molar-refractivity contribution in [3.05, 3.63) is 0 Å². The lowest BCUT2D eigenvalue weighted by Crippen LogP contribution is -2.47. The molecule has 1 amide bonds. The van der Waals surface area contributed by atoms with Gasteiger partial charge in [0, 0.05) is 6.42 Å². The smallest absolute Gasteiger partial charge is 0.266 e. The van der Waals surface area contributed by atoms with E-state index in [2.05, 4.69) is 19.2 Å². The van der Waals surface area contributed by atoms with Crippen LogP contribution in [0.25, 0.3) is 0 Å². The fourth-order valence-corrected chi connectivity index (χ4v) is 8.33. The molecule has 0 spiro atoms. The van der Waals surface area contributed by atoms with Crippen LogP contribution in [0, 0.1) is 0 Å². The molecular formula is C45H91NO5S. The van der Waals surface area contributed by atoms with Gasteiger partial charge in [0.25, 0.3) is 10.1 Å². The minimum atomic E-state index is -4.31. The van der Waals surface area contributed by atoms with Crippen LogP contribution < -0.4 is 5.32 Å². The highest BCUT2D eigenvalue weighted by atomic mass is 32.2. The summed E-state index contributed by atoms with van der Waals surface area (Å²) in [6, 6.07) is -0.964. The molecule has 0 aliphatic rings. The zero-order valence-corrected chi connectivity index (χ0v) is 35.8. The minimum Gasteiger partial charge on any atom is -0.391 e. The first kappa shape index (κ1) is 51.3. The van der Waals surface area contributed by atoms with Crippen molar-refractivity contribution in [2.75, 3.05) is 5.75 Å². The van der Waals surface area contributed by atoms with Gasteiger partial charge in [0.05, 0.1) is 17.9 Å². The van der Waals surface area contributed by atoms with E-state index < -0.39 is 28.0 Å². The summed E-state index contributed by atoms with van der Waals surface area (Å²) in [5.41, 5.74) is 0. The van der Waals surface area contributed by atoms with E-state index in [0.29, 0.717) is 12.8 Å². The van der Waals surface area contributed by atoms with Crippen molar-refractivity contribution >= 4 is 16.0 Å². The standard InChI is InChI=1S/C45H91NO5S/c1-3-5-7-9-11-13-15-17-19-21-22-23-24-25-26-28-30-32-34-36-38-40-44(47)43(42-52(49,50)51)46-45(48)41-39-37-35-33-31-29-27-20-18-16-14-12-10-8-6-4-2/h43-44,47H,3-42H2,1-2H3,(H,46,48)(H,49,50,51). The van der Waals surface area contributed by atoms with E-state index >= 15 is 0 Å². The van der Waals surface area contributed by atoms with E-state index in [4.69, 9.17) is 0 Å². The Morgan fingerprint density at radius 2 is 0.692 bits per heavy atom. The average molecular weight is 758 g/mol. The average Bonchev–Trinajstić information content (AvgIpc) is 3.11. The quantitative estimate of drug-likeness (QED) is 0.0424. The Morgan fingerprint density at radius 1 is 0.442 bits per heavy atom. The van der Waals surface area contributed by atoms with Gasteiger partial charge < -0.3 is 10.4 Å². The van der Waals surface area contributed by atoms with Crippen LogP contribution >= 0.6 is 0 Å². The van der Waals surface area contributed by atoms with Crippen LogP contribution in [0.1, 0.15) is 264 Å². The summed E-state index contributed by atoms with van der Waals surface area (Å²) in [6.45, 7) is 4.55. The molecule has 0 aliphatic carbocycles. The molecule has 2 atom stereocenters. The summed E-state index contributed by atoms with van der Waals surface area (Å²) in [4.78, 5) is 12.6. The molecule has 0 rings (SSSR count). The first-order valence-corrected chi connectivity index (χ1v) is 24.8. The molecule has 0 saturated carbocycles. The van der Waals surface area contributed by atoms with E-state index in [1.165, 1.54) is 199 Å². The topological polar surface area (TPSA) is 104 Å². The summed E-state index contributed by atoms with van der Waals surface area (Å²) >= 11 is 0. The fraction of sp³-hybridized carbons (Fsp3) is 0.978. The lowest BCUT2D eigenvalue weighted by molar-refractivity contribution is -0.122. The third-order valence-electron chi connectivity index (χ3n) is 11.1. The number of hydrogen-bond acceptors (Lipinski definition) is 4. The van der Waals surface area contributed by atoms with Crippen LogP contribution in [0.3, 0.4) is 0 Å². The number of aliphatic hydroxyl groups excluding tert-OH is 1. The third-order valence-corrected chi connectivity index (χ3v) is 11.8. The molecule has 3 N–H and O–H groups in total. The highest BCUT2D eigenvalue weighted by molar-refractivity contribution is 7.85. The zero-order chi connectivity index (χ0) is 38.2. The number of nitrogens with one attached hydrogen (secondary N) is 1. The Labute approximate surface area is 325 Å². The van der Waals surface area contributed by atoms with Crippen LogP contribution in [-0.2, 0) is 14.9 Å². The van der Waals surface area contributed by atoms with Crippen LogP contribution in [0.5, 0.6) is 0 Å². The second-order valence-electron chi connectivity index (χ2n) is 16.4. The van der Waals surface area contributed by atoms with E-state index in [-0.39, 0.29) is 5.91 Å². The maximum absolute atomic E-state index is 12.6. The van der Waals surface area contributed by atoms with Crippen molar-refractivity contribution in [1.29, 1.82) is 0 Å². The lowest BCUT2D eigenvalue weighted by Gasteiger charge is -2.23. The maximum Gasteiger partial charge on any atom is 0.266 e. The number of amides is 1. The number of carbonyl (C=O) groups excluding carboxylic acids is 1. The molecule has 0 aromatic heterocycles. The monoisotopic (exact) mass is 758 g/mol. The molecular weight excluding hydrogens is 667 g/mol. The normalized spacial score (nSPS) is 13.1. The molecule has 52 heavy (non-hydrogen) atoms. The molecule has 7 heteroatoms. The number of unbranched alkanes of at least 4 members (excludes halogenated alkanes) is 35. The Bertz CT molecular complexity index is 836. The predicted octanol–water partition coefficient (Wildman–Crippen LogP) is 14.0. The first-order valence-electron chi connectivity index (χ1n) is 23.2. The number of hydrogen-bond donors (Lipinski definition) is 3. The number of carbonyl (C=O) groups is 1. The highest BCUT2D eigenvalue weighted by Gasteiger charge is 2.26. The molecule has 0 radical (unpaired) electrons. The Morgan fingerprint density at radius 3 is 0.962 bits per heavy atom. The fourth-order valence-electron chi connectivity index (χ4n) is 7.58. The van der Waals surface area contributed by atoms with E-state index in [9.17, 15) is 22.9 Å². The molecule has 0 heterocycles. The first-order chi connectivity index (χ1) is 25.3. The van der Waals surface area contributed by atoms with Crippen LogP contribution in [0.2, 0.25) is 0 Å². The zero-order valence-electron chi connectivity index (χ0n) is 35.0. The lowest BCUT2D eigenvalue weighted by atomic mass is 10.0. The Hall–Kier alpha value is -0.660. The molecule has 0 aromatic carbocycles. The summed E-state index contributed by atoms with van der Waals surface area (Å²) in [6.07, 6.45) is 47.7. The highest BCUT2D eigenvalue weighted by Crippen LogP contribution is 2.17. The molecule has 0 aliphatic heterocycles. The maximum atomic E-state index is 12.6. The van der Waals surface area contributed by atoms with Gasteiger partial charge in [-0.05, 0) is 12.8 Å². The Balaban J connectivity index is 3.75. The van der Waals surface area contributed by atoms with Gasteiger partial charge in [-0.15, -0.1) is 0 Å². The Kier molecular flexibility index (Phi) is 39.5. The van der Waals surface area contributed by atoms with Crippen molar-refractivity contribution in [3.63, 3.8) is 0 Å². The number of aliphatic hydroxyl groups is 1. The molecule has 6 nitrogen and oxygen atoms in total. The van der Waals surface area contributed by atoms with E-state index in [1.54, 1.807) is 0 Å². The summed E-state index contributed by atoms with van der Waals surface area (Å²) < 4.78 is 32.6. The molecule has 312 valence electrons. The van der Waals surface area contributed by atoms with Crippen LogP contribution in [0.4, 0.5) is 0 Å². The van der Waals surface area contributed by atoms with Gasteiger partial charge in [0.2, 0.25) is 5.91 Å². The second-order valence-corrected chi connectivity index (χ2v) is 17.9. The van der Waals surface area contributed by atoms with Gasteiger partial charge >= 0.3 is 0 Å².